The van der Waals surface area contributed by atoms with E-state index in [2.05, 4.69) is 9.88 Å². The van der Waals surface area contributed by atoms with Crippen molar-refractivity contribution in [3.63, 3.8) is 0 Å². The van der Waals surface area contributed by atoms with Crippen molar-refractivity contribution < 1.29 is 22.3 Å². The molecular formula is C15H17F3N2O2. The highest BCUT2D eigenvalue weighted by Gasteiger charge is 2.35. The van der Waals surface area contributed by atoms with Crippen LogP contribution in [0.2, 0.25) is 0 Å². The average Bonchev–Trinajstić information content (AvgIpc) is 3.02. The molecular weight excluding hydrogens is 297 g/mol. The molecule has 22 heavy (non-hydrogen) atoms. The Labute approximate surface area is 125 Å². The summed E-state index contributed by atoms with van der Waals surface area (Å²) in [7, 11) is 1.65. The number of aryl methyl sites for hydroxylation is 1. The largest absolute Gasteiger partial charge is 0.440 e. The summed E-state index contributed by atoms with van der Waals surface area (Å²) in [6.45, 7) is 3.54. The number of ether oxygens (including phenoxy) is 1. The molecule has 1 aliphatic rings. The molecule has 1 atom stereocenters. The predicted octanol–water partition coefficient (Wildman–Crippen LogP) is 3.38. The number of likely N-dealkylation sites (tertiary alicyclic amines) is 1. The van der Waals surface area contributed by atoms with E-state index in [0.29, 0.717) is 12.1 Å². The Morgan fingerprint density at radius 1 is 1.41 bits per heavy atom. The summed E-state index contributed by atoms with van der Waals surface area (Å²) < 4.78 is 50.0. The van der Waals surface area contributed by atoms with E-state index in [-0.39, 0.29) is 23.1 Å². The molecule has 1 aromatic carbocycles. The molecule has 1 saturated heterocycles. The van der Waals surface area contributed by atoms with Crippen molar-refractivity contribution in [2.24, 2.45) is 0 Å². The second-order valence-electron chi connectivity index (χ2n) is 5.60. The first-order valence-electron chi connectivity index (χ1n) is 7.09. The Morgan fingerprint density at radius 3 is 2.82 bits per heavy atom. The van der Waals surface area contributed by atoms with Crippen LogP contribution in [0.4, 0.5) is 13.2 Å². The Balaban J connectivity index is 1.93. The fourth-order valence-electron chi connectivity index (χ4n) is 2.90. The maximum atomic E-state index is 13.2. The fraction of sp³-hybridized carbons (Fsp3) is 0.533. The van der Waals surface area contributed by atoms with E-state index in [0.717, 1.165) is 25.6 Å². The first-order valence-corrected chi connectivity index (χ1v) is 7.09. The maximum Gasteiger partial charge on any atom is 0.420 e. The van der Waals surface area contributed by atoms with Gasteiger partial charge in [-0.2, -0.15) is 13.2 Å². The molecule has 7 heteroatoms. The Morgan fingerprint density at radius 2 is 2.18 bits per heavy atom. The van der Waals surface area contributed by atoms with Crippen molar-refractivity contribution in [1.29, 1.82) is 0 Å². The van der Waals surface area contributed by atoms with Crippen LogP contribution in [-0.2, 0) is 17.5 Å². The zero-order chi connectivity index (χ0) is 15.9. The van der Waals surface area contributed by atoms with Crippen LogP contribution >= 0.6 is 0 Å². The third-order valence-corrected chi connectivity index (χ3v) is 3.93. The first-order chi connectivity index (χ1) is 10.4. The number of alkyl halides is 3. The minimum atomic E-state index is -4.46. The van der Waals surface area contributed by atoms with Gasteiger partial charge in [0.15, 0.2) is 11.5 Å². The molecule has 1 fully saturated rings. The second kappa shape index (κ2) is 5.55. The van der Waals surface area contributed by atoms with Gasteiger partial charge in [0.25, 0.3) is 0 Å². The molecule has 4 nitrogen and oxygen atoms in total. The predicted molar refractivity (Wildman–Crippen MR) is 74.4 cm³/mol. The molecule has 1 aromatic heterocycles. The van der Waals surface area contributed by atoms with Crippen LogP contribution in [0.3, 0.4) is 0 Å². The zero-order valence-electron chi connectivity index (χ0n) is 12.4. The van der Waals surface area contributed by atoms with E-state index >= 15 is 0 Å². The molecule has 0 amide bonds. The van der Waals surface area contributed by atoms with Gasteiger partial charge in [0.05, 0.1) is 6.10 Å². The van der Waals surface area contributed by atoms with E-state index in [1.807, 2.05) is 0 Å². The van der Waals surface area contributed by atoms with Gasteiger partial charge in [-0.15, -0.1) is 0 Å². The number of halogens is 3. The van der Waals surface area contributed by atoms with Crippen molar-refractivity contribution in [3.05, 3.63) is 29.2 Å². The van der Waals surface area contributed by atoms with Crippen LogP contribution in [-0.4, -0.2) is 36.2 Å². The summed E-state index contributed by atoms with van der Waals surface area (Å²) in [6.07, 6.45) is -3.41. The van der Waals surface area contributed by atoms with Gasteiger partial charge in [-0.05, 0) is 24.1 Å². The van der Waals surface area contributed by atoms with Gasteiger partial charge in [-0.25, -0.2) is 4.98 Å². The maximum absolute atomic E-state index is 13.2. The summed E-state index contributed by atoms with van der Waals surface area (Å²) in [5.41, 5.74) is -0.109. The molecule has 120 valence electrons. The summed E-state index contributed by atoms with van der Waals surface area (Å²) in [5.74, 6) is 0.235. The number of hydrogen-bond acceptors (Lipinski definition) is 4. The number of nitrogens with zero attached hydrogens (tertiary/aromatic N) is 2. The number of aromatic nitrogens is 1. The van der Waals surface area contributed by atoms with Crippen molar-refractivity contribution in [2.75, 3.05) is 20.2 Å². The van der Waals surface area contributed by atoms with Crippen molar-refractivity contribution in [1.82, 2.24) is 9.88 Å². The van der Waals surface area contributed by atoms with E-state index in [9.17, 15) is 13.2 Å². The van der Waals surface area contributed by atoms with Gasteiger partial charge < -0.3 is 9.15 Å². The van der Waals surface area contributed by atoms with Crippen LogP contribution in [0.5, 0.6) is 0 Å². The SMILES string of the molecule is CO[C@H]1CCN(Cc2cc(C(F)(F)F)c3oc(C)nc3c2)C1. The highest BCUT2D eigenvalue weighted by molar-refractivity contribution is 5.78. The minimum absolute atomic E-state index is 0.153. The Hall–Kier alpha value is -1.60. The monoisotopic (exact) mass is 314 g/mol. The van der Waals surface area contributed by atoms with E-state index in [1.165, 1.54) is 0 Å². The van der Waals surface area contributed by atoms with Crippen LogP contribution in [0.15, 0.2) is 16.5 Å². The second-order valence-corrected chi connectivity index (χ2v) is 5.60. The smallest absolute Gasteiger partial charge is 0.420 e. The number of fused-ring (bicyclic) bond motifs is 1. The molecule has 3 rings (SSSR count). The summed E-state index contributed by atoms with van der Waals surface area (Å²) in [6, 6.07) is 2.83. The van der Waals surface area contributed by atoms with Gasteiger partial charge >= 0.3 is 6.18 Å². The number of methoxy groups -OCH3 is 1. The van der Waals surface area contributed by atoms with Crippen LogP contribution in [0.25, 0.3) is 11.1 Å². The molecule has 0 radical (unpaired) electrons. The average molecular weight is 314 g/mol. The van der Waals surface area contributed by atoms with Gasteiger partial charge in [0.1, 0.15) is 11.1 Å². The highest BCUT2D eigenvalue weighted by atomic mass is 19.4. The molecule has 0 unspecified atom stereocenters. The third-order valence-electron chi connectivity index (χ3n) is 3.93. The van der Waals surface area contributed by atoms with E-state index < -0.39 is 11.7 Å². The Kier molecular flexibility index (Phi) is 3.86. The van der Waals surface area contributed by atoms with Crippen LogP contribution < -0.4 is 0 Å². The summed E-state index contributed by atoms with van der Waals surface area (Å²) in [4.78, 5) is 6.13. The number of rotatable bonds is 3. The highest BCUT2D eigenvalue weighted by Crippen LogP contribution is 2.36. The standard InChI is InChI=1S/C15H17F3N2O2/c1-9-19-13-6-10(7-20-4-3-11(8-20)21-2)5-12(14(13)22-9)15(16,17)18/h5-6,11H,3-4,7-8H2,1-2H3/t11-/m0/s1. The lowest BCUT2D eigenvalue weighted by Crippen LogP contribution is -2.22. The topological polar surface area (TPSA) is 38.5 Å². The van der Waals surface area contributed by atoms with Crippen molar-refractivity contribution in [3.8, 4) is 0 Å². The lowest BCUT2D eigenvalue weighted by atomic mass is 10.1. The molecule has 0 bridgehead atoms. The van der Waals surface area contributed by atoms with Gasteiger partial charge in [0.2, 0.25) is 0 Å². The summed E-state index contributed by atoms with van der Waals surface area (Å²) in [5, 5.41) is 0. The number of oxazole rings is 1. The lowest BCUT2D eigenvalue weighted by Gasteiger charge is -2.17. The van der Waals surface area contributed by atoms with Crippen molar-refractivity contribution in [2.45, 2.75) is 32.2 Å². The van der Waals surface area contributed by atoms with E-state index in [4.69, 9.17) is 9.15 Å². The quantitative estimate of drug-likeness (QED) is 0.870. The van der Waals surface area contributed by atoms with Gasteiger partial charge in [-0.3, -0.25) is 4.90 Å². The molecule has 0 saturated carbocycles. The Bertz CT molecular complexity index is 681. The number of benzene rings is 1. The van der Waals surface area contributed by atoms with E-state index in [1.54, 1.807) is 20.1 Å². The molecule has 1 aliphatic heterocycles. The number of hydrogen-bond donors (Lipinski definition) is 0. The zero-order valence-corrected chi connectivity index (χ0v) is 12.4. The normalized spacial score (nSPS) is 20.1. The lowest BCUT2D eigenvalue weighted by molar-refractivity contribution is -0.136. The first kappa shape index (κ1) is 15.3. The van der Waals surface area contributed by atoms with Crippen molar-refractivity contribution >= 4 is 11.1 Å². The van der Waals surface area contributed by atoms with Gasteiger partial charge in [-0.1, -0.05) is 0 Å². The molecule has 2 heterocycles. The van der Waals surface area contributed by atoms with Gasteiger partial charge in [0, 0.05) is 33.7 Å². The van der Waals surface area contributed by atoms with Crippen LogP contribution in [0.1, 0.15) is 23.4 Å². The minimum Gasteiger partial charge on any atom is -0.440 e. The molecule has 2 aromatic rings. The third kappa shape index (κ3) is 2.96. The fourth-order valence-corrected chi connectivity index (χ4v) is 2.90. The van der Waals surface area contributed by atoms with Crippen LogP contribution in [0, 0.1) is 6.92 Å². The molecule has 0 spiro atoms. The molecule has 0 aliphatic carbocycles. The summed E-state index contributed by atoms with van der Waals surface area (Å²) >= 11 is 0. The molecule has 0 N–H and O–H groups in total.